The van der Waals surface area contributed by atoms with Crippen LogP contribution in [0.2, 0.25) is 0 Å². The number of rotatable bonds is 4. The number of aromatic hydroxyl groups is 1. The number of phenols is 1. The van der Waals surface area contributed by atoms with Crippen LogP contribution in [-0.2, 0) is 16.1 Å². The second kappa shape index (κ2) is 6.94. The van der Waals surface area contributed by atoms with E-state index < -0.39 is 0 Å². The summed E-state index contributed by atoms with van der Waals surface area (Å²) in [6, 6.07) is 6.88. The molecule has 5 nitrogen and oxygen atoms in total. The first-order valence-corrected chi connectivity index (χ1v) is 7.72. The van der Waals surface area contributed by atoms with E-state index in [1.54, 1.807) is 24.3 Å². The van der Waals surface area contributed by atoms with Gasteiger partial charge in [-0.3, -0.25) is 0 Å². The molecule has 1 aliphatic heterocycles. The van der Waals surface area contributed by atoms with Gasteiger partial charge in [0.1, 0.15) is 5.75 Å². The van der Waals surface area contributed by atoms with Crippen molar-refractivity contribution in [3.05, 3.63) is 35.5 Å². The molecular weight excluding hydrogens is 282 g/mol. The van der Waals surface area contributed by atoms with Gasteiger partial charge in [-0.1, -0.05) is 11.6 Å². The predicted octanol–water partition coefficient (Wildman–Crippen LogP) is 3.79. The first-order chi connectivity index (χ1) is 10.7. The molecule has 1 aliphatic rings. The van der Waals surface area contributed by atoms with Crippen LogP contribution in [0.4, 0.5) is 0 Å². The Morgan fingerprint density at radius 1 is 1.23 bits per heavy atom. The van der Waals surface area contributed by atoms with Crippen molar-refractivity contribution in [2.45, 2.75) is 45.5 Å². The quantitative estimate of drug-likeness (QED) is 0.931. The van der Waals surface area contributed by atoms with Crippen molar-refractivity contribution in [3.8, 4) is 17.1 Å². The lowest BCUT2D eigenvalue weighted by molar-refractivity contribution is -0.147. The standard InChI is InChI=1S/C17H21NO4/c1-12-15(11-21-16-5-3-2-4-10-20-16)17(22-18-12)13-6-8-14(19)9-7-13/h6-9,16,19H,2-5,10-11H2,1H3. The lowest BCUT2D eigenvalue weighted by Gasteiger charge is -2.15. The number of aryl methyl sites for hydroxylation is 1. The molecule has 0 bridgehead atoms. The van der Waals surface area contributed by atoms with E-state index in [-0.39, 0.29) is 12.0 Å². The number of phenolic OH excluding ortho intramolecular Hbond substituents is 1. The van der Waals surface area contributed by atoms with E-state index in [0.29, 0.717) is 12.4 Å². The Hall–Kier alpha value is -1.85. The maximum atomic E-state index is 9.39. The van der Waals surface area contributed by atoms with Crippen LogP contribution in [0, 0.1) is 6.92 Å². The van der Waals surface area contributed by atoms with Gasteiger partial charge in [-0.25, -0.2) is 0 Å². The van der Waals surface area contributed by atoms with Crippen molar-refractivity contribution >= 4 is 0 Å². The van der Waals surface area contributed by atoms with Crippen LogP contribution in [0.5, 0.6) is 5.75 Å². The Labute approximate surface area is 129 Å². The molecule has 22 heavy (non-hydrogen) atoms. The molecular formula is C17H21NO4. The van der Waals surface area contributed by atoms with Crippen molar-refractivity contribution in [1.82, 2.24) is 5.16 Å². The van der Waals surface area contributed by atoms with Crippen LogP contribution >= 0.6 is 0 Å². The second-order valence-corrected chi connectivity index (χ2v) is 5.58. The summed E-state index contributed by atoms with van der Waals surface area (Å²) in [5.41, 5.74) is 2.62. The Bertz CT molecular complexity index is 598. The average Bonchev–Trinajstić information content (AvgIpc) is 2.74. The van der Waals surface area contributed by atoms with Crippen LogP contribution in [-0.4, -0.2) is 23.2 Å². The van der Waals surface area contributed by atoms with Crippen molar-refractivity contribution in [3.63, 3.8) is 0 Å². The van der Waals surface area contributed by atoms with Crippen molar-refractivity contribution in [2.24, 2.45) is 0 Å². The largest absolute Gasteiger partial charge is 0.508 e. The highest BCUT2D eigenvalue weighted by molar-refractivity contribution is 5.62. The summed E-state index contributed by atoms with van der Waals surface area (Å²) < 4.78 is 17.0. The maximum absolute atomic E-state index is 9.39. The zero-order valence-electron chi connectivity index (χ0n) is 12.7. The molecule has 1 unspecified atom stereocenters. The zero-order chi connectivity index (χ0) is 15.4. The molecule has 1 atom stereocenters. The monoisotopic (exact) mass is 303 g/mol. The van der Waals surface area contributed by atoms with Crippen LogP contribution in [0.15, 0.2) is 28.8 Å². The van der Waals surface area contributed by atoms with Crippen LogP contribution < -0.4 is 0 Å². The molecule has 1 aromatic carbocycles. The summed E-state index contributed by atoms with van der Waals surface area (Å²) in [6.45, 7) is 3.08. The number of ether oxygens (including phenoxy) is 2. The van der Waals surface area contributed by atoms with Crippen molar-refractivity contribution in [2.75, 3.05) is 6.61 Å². The SMILES string of the molecule is Cc1noc(-c2ccc(O)cc2)c1COC1CCCCCO1. The van der Waals surface area contributed by atoms with Gasteiger partial charge >= 0.3 is 0 Å². The topological polar surface area (TPSA) is 64.7 Å². The third-order valence-corrected chi connectivity index (χ3v) is 3.92. The lowest BCUT2D eigenvalue weighted by atomic mass is 10.1. The van der Waals surface area contributed by atoms with Crippen LogP contribution in [0.25, 0.3) is 11.3 Å². The van der Waals surface area contributed by atoms with Crippen molar-refractivity contribution in [1.29, 1.82) is 0 Å². The number of nitrogens with zero attached hydrogens (tertiary/aromatic N) is 1. The highest BCUT2D eigenvalue weighted by Gasteiger charge is 2.18. The zero-order valence-corrected chi connectivity index (χ0v) is 12.7. The Balaban J connectivity index is 1.73. The highest BCUT2D eigenvalue weighted by Crippen LogP contribution is 2.29. The minimum absolute atomic E-state index is 0.149. The second-order valence-electron chi connectivity index (χ2n) is 5.58. The predicted molar refractivity (Wildman–Crippen MR) is 81.3 cm³/mol. The van der Waals surface area contributed by atoms with Crippen LogP contribution in [0.3, 0.4) is 0 Å². The Morgan fingerprint density at radius 3 is 2.86 bits per heavy atom. The van der Waals surface area contributed by atoms with Gasteiger partial charge in [-0.15, -0.1) is 0 Å². The molecule has 0 aliphatic carbocycles. The molecule has 118 valence electrons. The van der Waals surface area contributed by atoms with E-state index in [2.05, 4.69) is 5.16 Å². The summed E-state index contributed by atoms with van der Waals surface area (Å²) in [5.74, 6) is 0.913. The van der Waals surface area contributed by atoms with E-state index in [1.807, 2.05) is 6.92 Å². The normalized spacial score (nSPS) is 19.0. The summed E-state index contributed by atoms with van der Waals surface area (Å²) in [7, 11) is 0. The van der Waals surface area contributed by atoms with Gasteiger partial charge in [-0.2, -0.15) is 0 Å². The minimum atomic E-state index is -0.149. The minimum Gasteiger partial charge on any atom is -0.508 e. The van der Waals surface area contributed by atoms with E-state index in [9.17, 15) is 5.11 Å². The third-order valence-electron chi connectivity index (χ3n) is 3.92. The van der Waals surface area contributed by atoms with Crippen molar-refractivity contribution < 1.29 is 19.1 Å². The molecule has 2 aromatic rings. The molecule has 2 heterocycles. The molecule has 0 radical (unpaired) electrons. The highest BCUT2D eigenvalue weighted by atomic mass is 16.7. The van der Waals surface area contributed by atoms with Gasteiger partial charge in [0.2, 0.25) is 0 Å². The van der Waals surface area contributed by atoms with Crippen LogP contribution in [0.1, 0.15) is 36.9 Å². The number of hydrogen-bond donors (Lipinski definition) is 1. The van der Waals surface area contributed by atoms with E-state index in [0.717, 1.165) is 42.7 Å². The fraction of sp³-hybridized carbons (Fsp3) is 0.471. The van der Waals surface area contributed by atoms with Gasteiger partial charge < -0.3 is 19.1 Å². The van der Waals surface area contributed by atoms with Gasteiger partial charge in [0.05, 0.1) is 12.3 Å². The molecule has 0 spiro atoms. The first-order valence-electron chi connectivity index (χ1n) is 7.72. The molecule has 3 rings (SSSR count). The number of benzene rings is 1. The van der Waals surface area contributed by atoms with E-state index in [4.69, 9.17) is 14.0 Å². The number of hydrogen-bond acceptors (Lipinski definition) is 5. The maximum Gasteiger partial charge on any atom is 0.172 e. The fourth-order valence-corrected chi connectivity index (χ4v) is 2.59. The fourth-order valence-electron chi connectivity index (χ4n) is 2.59. The molecule has 1 fully saturated rings. The lowest BCUT2D eigenvalue weighted by Crippen LogP contribution is -2.16. The smallest absolute Gasteiger partial charge is 0.172 e. The van der Waals surface area contributed by atoms with Gasteiger partial charge in [0.15, 0.2) is 12.1 Å². The Kier molecular flexibility index (Phi) is 4.75. The molecule has 5 heteroatoms. The molecule has 1 N–H and O–H groups in total. The van der Waals surface area contributed by atoms with Gasteiger partial charge in [0.25, 0.3) is 0 Å². The Morgan fingerprint density at radius 2 is 2.05 bits per heavy atom. The van der Waals surface area contributed by atoms with Gasteiger partial charge in [0, 0.05) is 17.7 Å². The summed E-state index contributed by atoms with van der Waals surface area (Å²) in [6.07, 6.45) is 4.22. The molecule has 1 saturated heterocycles. The summed E-state index contributed by atoms with van der Waals surface area (Å²) in [4.78, 5) is 0. The first kappa shape index (κ1) is 15.1. The molecule has 1 aromatic heterocycles. The van der Waals surface area contributed by atoms with E-state index >= 15 is 0 Å². The van der Waals surface area contributed by atoms with Gasteiger partial charge in [-0.05, 0) is 50.5 Å². The summed E-state index contributed by atoms with van der Waals surface area (Å²) >= 11 is 0. The van der Waals surface area contributed by atoms with E-state index in [1.165, 1.54) is 6.42 Å². The summed E-state index contributed by atoms with van der Waals surface area (Å²) in [5, 5.41) is 13.4. The average molecular weight is 303 g/mol. The molecule has 0 amide bonds. The molecule has 0 saturated carbocycles. The third kappa shape index (κ3) is 3.48. The number of aromatic nitrogens is 1.